The molecule has 2 heterocycles. The maximum Gasteiger partial charge on any atom is 0.247 e. The molecule has 31 heavy (non-hydrogen) atoms. The Kier molecular flexibility index (Phi) is 5.85. The number of fused-ring (bicyclic) bond motifs is 1. The molecule has 3 aromatic rings. The molecule has 11 heteroatoms. The molecule has 0 bridgehead atoms. The molecule has 1 aromatic carbocycles. The van der Waals surface area contributed by atoms with E-state index in [1.165, 1.54) is 20.4 Å². The minimum atomic E-state index is -3.58. The lowest BCUT2D eigenvalue weighted by molar-refractivity contribution is 0.395. The van der Waals surface area contributed by atoms with Gasteiger partial charge in [-0.3, -0.25) is 0 Å². The molecule has 2 aromatic heterocycles. The third-order valence-electron chi connectivity index (χ3n) is 4.96. The van der Waals surface area contributed by atoms with Gasteiger partial charge in [0.05, 0.1) is 30.0 Å². The van der Waals surface area contributed by atoms with Crippen LogP contribution in [-0.2, 0) is 9.84 Å². The summed E-state index contributed by atoms with van der Waals surface area (Å²) in [4.78, 5) is 12.9. The Morgan fingerprint density at radius 1 is 1.10 bits per heavy atom. The van der Waals surface area contributed by atoms with E-state index in [0.29, 0.717) is 51.9 Å². The summed E-state index contributed by atoms with van der Waals surface area (Å²) < 4.78 is 34.6. The van der Waals surface area contributed by atoms with Crippen LogP contribution in [0.4, 0.5) is 5.82 Å². The van der Waals surface area contributed by atoms with Crippen molar-refractivity contribution in [3.63, 3.8) is 0 Å². The van der Waals surface area contributed by atoms with Crippen LogP contribution < -0.4 is 14.8 Å². The number of hydrogen-bond acceptors (Lipinski definition) is 8. The molecule has 8 nitrogen and oxygen atoms in total. The molecule has 0 amide bonds. The van der Waals surface area contributed by atoms with Crippen molar-refractivity contribution in [2.75, 3.05) is 32.3 Å². The van der Waals surface area contributed by atoms with Gasteiger partial charge in [0, 0.05) is 36.0 Å². The predicted molar refractivity (Wildman–Crippen MR) is 120 cm³/mol. The molecule has 0 unspecified atom stereocenters. The molecule has 1 saturated carbocycles. The first kappa shape index (κ1) is 21.9. The molecule has 0 aliphatic heterocycles. The average molecular weight is 483 g/mol. The van der Waals surface area contributed by atoms with Crippen molar-refractivity contribution in [1.82, 2.24) is 15.0 Å². The zero-order chi connectivity index (χ0) is 22.3. The minimum absolute atomic E-state index is 0.261. The molecule has 0 radical (unpaired) electrons. The van der Waals surface area contributed by atoms with Gasteiger partial charge >= 0.3 is 0 Å². The number of rotatable bonds is 7. The van der Waals surface area contributed by atoms with Crippen molar-refractivity contribution in [2.45, 2.75) is 18.0 Å². The molecule has 1 aliphatic rings. The van der Waals surface area contributed by atoms with E-state index in [1.807, 2.05) is 0 Å². The van der Waals surface area contributed by atoms with Crippen LogP contribution in [0.5, 0.6) is 11.5 Å². The summed E-state index contributed by atoms with van der Waals surface area (Å²) in [5.74, 6) is 1.76. The topological polar surface area (TPSA) is 103 Å². The monoisotopic (exact) mass is 482 g/mol. The summed E-state index contributed by atoms with van der Waals surface area (Å²) in [5.41, 5.74) is 1.29. The van der Waals surface area contributed by atoms with Gasteiger partial charge < -0.3 is 14.8 Å². The van der Waals surface area contributed by atoms with Crippen molar-refractivity contribution in [3.05, 3.63) is 28.4 Å². The van der Waals surface area contributed by atoms with Crippen LogP contribution in [0.2, 0.25) is 10.0 Å². The van der Waals surface area contributed by atoms with Gasteiger partial charge in [0.15, 0.2) is 5.82 Å². The molecular formula is C20H20Cl2N4O4S. The van der Waals surface area contributed by atoms with E-state index in [2.05, 4.69) is 15.3 Å². The molecule has 1 fully saturated rings. The Labute approximate surface area is 189 Å². The third-order valence-corrected chi connectivity index (χ3v) is 6.57. The van der Waals surface area contributed by atoms with E-state index in [9.17, 15) is 8.42 Å². The number of nitrogens with one attached hydrogen (secondary N) is 1. The summed E-state index contributed by atoms with van der Waals surface area (Å²) in [6.45, 7) is 0.701. The van der Waals surface area contributed by atoms with Crippen molar-refractivity contribution in [1.29, 1.82) is 0 Å². The van der Waals surface area contributed by atoms with E-state index in [0.717, 1.165) is 19.1 Å². The number of sulfone groups is 1. The Bertz CT molecular complexity index is 1250. The Balaban J connectivity index is 1.95. The summed E-state index contributed by atoms with van der Waals surface area (Å²) in [6.07, 6.45) is 4.79. The summed E-state index contributed by atoms with van der Waals surface area (Å²) in [5, 5.41) is 4.18. The van der Waals surface area contributed by atoms with Crippen molar-refractivity contribution in [2.24, 2.45) is 5.92 Å². The first-order chi connectivity index (χ1) is 14.7. The second-order valence-corrected chi connectivity index (χ2v) is 9.99. The summed E-state index contributed by atoms with van der Waals surface area (Å²) >= 11 is 13.1. The van der Waals surface area contributed by atoms with Crippen molar-refractivity contribution < 1.29 is 17.9 Å². The SMILES string of the molecule is COc1cc(OC)c(Cl)c(-c2cc3cnc(S(C)(=O)=O)nc3c(NCC3CC3)n2)c1Cl. The van der Waals surface area contributed by atoms with Crippen LogP contribution in [0.25, 0.3) is 22.2 Å². The number of methoxy groups -OCH3 is 2. The van der Waals surface area contributed by atoms with Crippen LogP contribution in [-0.4, -0.2) is 50.4 Å². The lowest BCUT2D eigenvalue weighted by atomic mass is 10.1. The zero-order valence-electron chi connectivity index (χ0n) is 17.1. The van der Waals surface area contributed by atoms with Crippen LogP contribution in [0, 0.1) is 5.92 Å². The summed E-state index contributed by atoms with van der Waals surface area (Å²) in [7, 11) is -0.586. The predicted octanol–water partition coefficient (Wildman–Crippen LogP) is 4.24. The van der Waals surface area contributed by atoms with Crippen molar-refractivity contribution in [3.8, 4) is 22.8 Å². The Morgan fingerprint density at radius 2 is 1.74 bits per heavy atom. The van der Waals surface area contributed by atoms with Crippen LogP contribution in [0.3, 0.4) is 0 Å². The van der Waals surface area contributed by atoms with E-state index >= 15 is 0 Å². The lowest BCUT2D eigenvalue weighted by Crippen LogP contribution is -2.09. The summed E-state index contributed by atoms with van der Waals surface area (Å²) in [6, 6.07) is 3.30. The maximum atomic E-state index is 12.0. The largest absolute Gasteiger partial charge is 0.495 e. The van der Waals surface area contributed by atoms with E-state index in [-0.39, 0.29) is 15.2 Å². The van der Waals surface area contributed by atoms with Crippen LogP contribution in [0.15, 0.2) is 23.5 Å². The smallest absolute Gasteiger partial charge is 0.247 e. The van der Waals surface area contributed by atoms with Gasteiger partial charge in [0.25, 0.3) is 0 Å². The molecule has 0 saturated heterocycles. The van der Waals surface area contributed by atoms with Gasteiger partial charge in [-0.2, -0.15) is 0 Å². The van der Waals surface area contributed by atoms with Crippen LogP contribution in [0.1, 0.15) is 12.8 Å². The van der Waals surface area contributed by atoms with Gasteiger partial charge in [0.1, 0.15) is 17.0 Å². The first-order valence-corrected chi connectivity index (χ1v) is 12.1. The fourth-order valence-corrected chi connectivity index (χ4v) is 4.32. The van der Waals surface area contributed by atoms with Gasteiger partial charge in [-0.25, -0.2) is 23.4 Å². The standard InChI is InChI=1S/C20H20Cl2N4O4S/c1-29-13-7-14(30-2)17(22)15(16(13)21)12-6-11-9-24-20(31(3,27)28)26-18(11)19(25-12)23-8-10-4-5-10/h6-7,9-10H,4-5,8H2,1-3H3,(H,23,25). The number of hydrogen-bond donors (Lipinski definition) is 1. The third kappa shape index (κ3) is 4.35. The van der Waals surface area contributed by atoms with Gasteiger partial charge in [-0.05, 0) is 24.8 Å². The molecule has 4 rings (SSSR count). The molecule has 0 spiro atoms. The van der Waals surface area contributed by atoms with Gasteiger partial charge in [0.2, 0.25) is 15.0 Å². The second kappa shape index (κ2) is 8.29. The normalized spacial score (nSPS) is 14.0. The van der Waals surface area contributed by atoms with E-state index in [4.69, 9.17) is 37.7 Å². The van der Waals surface area contributed by atoms with E-state index in [1.54, 1.807) is 12.1 Å². The number of anilines is 1. The highest BCUT2D eigenvalue weighted by Gasteiger charge is 2.24. The fraction of sp³-hybridized carbons (Fsp3) is 0.350. The number of benzene rings is 1. The van der Waals surface area contributed by atoms with Crippen molar-refractivity contribution >= 4 is 49.8 Å². The lowest BCUT2D eigenvalue weighted by Gasteiger charge is -2.16. The number of halogens is 2. The zero-order valence-corrected chi connectivity index (χ0v) is 19.4. The molecule has 1 N–H and O–H groups in total. The molecule has 1 aliphatic carbocycles. The highest BCUT2D eigenvalue weighted by molar-refractivity contribution is 7.90. The molecule has 164 valence electrons. The highest BCUT2D eigenvalue weighted by atomic mass is 35.5. The molecule has 0 atom stereocenters. The average Bonchev–Trinajstić information content (AvgIpc) is 3.56. The quantitative estimate of drug-likeness (QED) is 0.498. The Hall–Kier alpha value is -2.36. The number of ether oxygens (including phenoxy) is 2. The highest BCUT2D eigenvalue weighted by Crippen LogP contribution is 2.46. The van der Waals surface area contributed by atoms with E-state index < -0.39 is 9.84 Å². The number of nitrogens with zero attached hydrogens (tertiary/aromatic N) is 3. The number of pyridine rings is 1. The van der Waals surface area contributed by atoms with Gasteiger partial charge in [-0.15, -0.1) is 0 Å². The first-order valence-electron chi connectivity index (χ1n) is 9.45. The van der Waals surface area contributed by atoms with Crippen LogP contribution >= 0.6 is 23.2 Å². The fourth-order valence-electron chi connectivity index (χ4n) is 3.13. The minimum Gasteiger partial charge on any atom is -0.495 e. The van der Waals surface area contributed by atoms with Gasteiger partial charge in [-0.1, -0.05) is 23.2 Å². The number of aromatic nitrogens is 3. The molecular weight excluding hydrogens is 463 g/mol. The maximum absolute atomic E-state index is 12.0. The second-order valence-electron chi connectivity index (χ2n) is 7.33. The Morgan fingerprint density at radius 3 is 2.29 bits per heavy atom.